The average Bonchev–Trinajstić information content (AvgIpc) is 3.12. The maximum atomic E-state index is 12.4. The van der Waals surface area contributed by atoms with Crippen LogP contribution in [0.3, 0.4) is 0 Å². The van der Waals surface area contributed by atoms with Crippen LogP contribution < -0.4 is 5.32 Å². The molecule has 0 fully saturated rings. The number of benzene rings is 1. The molecule has 6 nitrogen and oxygen atoms in total. The first-order valence-electron chi connectivity index (χ1n) is 8.00. The molecule has 0 saturated carbocycles. The van der Waals surface area contributed by atoms with Gasteiger partial charge in [0.2, 0.25) is 0 Å². The van der Waals surface area contributed by atoms with Crippen LogP contribution in [0.4, 0.5) is 5.69 Å². The van der Waals surface area contributed by atoms with E-state index in [4.69, 9.17) is 5.26 Å². The highest BCUT2D eigenvalue weighted by Crippen LogP contribution is 2.26. The van der Waals surface area contributed by atoms with Crippen LogP contribution in [0, 0.1) is 11.3 Å². The van der Waals surface area contributed by atoms with Crippen molar-refractivity contribution in [2.45, 2.75) is 6.54 Å². The van der Waals surface area contributed by atoms with E-state index < -0.39 is 0 Å². The fourth-order valence-electron chi connectivity index (χ4n) is 2.84. The quantitative estimate of drug-likeness (QED) is 0.794. The molecule has 124 valence electrons. The monoisotopic (exact) mass is 339 g/mol. The van der Waals surface area contributed by atoms with Crippen molar-refractivity contribution in [3.8, 4) is 6.07 Å². The van der Waals surface area contributed by atoms with Gasteiger partial charge in [-0.25, -0.2) is 0 Å². The van der Waals surface area contributed by atoms with Gasteiger partial charge in [-0.15, -0.1) is 0 Å². The van der Waals surface area contributed by atoms with E-state index in [-0.39, 0.29) is 11.6 Å². The highest BCUT2D eigenvalue weighted by Gasteiger charge is 2.18. The van der Waals surface area contributed by atoms with Crippen molar-refractivity contribution in [1.29, 1.82) is 5.26 Å². The van der Waals surface area contributed by atoms with E-state index in [1.54, 1.807) is 18.5 Å². The van der Waals surface area contributed by atoms with Gasteiger partial charge in [0.05, 0.1) is 23.9 Å². The van der Waals surface area contributed by atoms with Gasteiger partial charge < -0.3 is 5.32 Å². The molecule has 2 aromatic heterocycles. The molecule has 1 aromatic carbocycles. The number of aromatic nitrogens is 2. The van der Waals surface area contributed by atoms with Gasteiger partial charge >= 0.3 is 0 Å². The zero-order valence-electron chi connectivity index (χ0n) is 13.7. The first-order chi connectivity index (χ1) is 12.7. The number of nitriles is 1. The van der Waals surface area contributed by atoms with E-state index in [0.29, 0.717) is 17.8 Å². The molecule has 1 aliphatic rings. The largest absolute Gasteiger partial charge is 0.321 e. The molecule has 26 heavy (non-hydrogen) atoms. The highest BCUT2D eigenvalue weighted by atomic mass is 16.1. The molecule has 0 saturated heterocycles. The number of fused-ring (bicyclic) bond motifs is 1. The second-order valence-corrected chi connectivity index (χ2v) is 5.77. The first-order valence-corrected chi connectivity index (χ1v) is 8.00. The van der Waals surface area contributed by atoms with E-state index in [9.17, 15) is 4.79 Å². The number of hydrogen-bond donors (Lipinski definition) is 1. The van der Waals surface area contributed by atoms with Crippen LogP contribution in [-0.4, -0.2) is 21.6 Å². The Hall–Kier alpha value is -3.85. The second kappa shape index (κ2) is 6.57. The standard InChI is InChI=1S/C20H13N5O/c21-11-13-3-8-23-18(9-13)20(26)25-16-2-1-15-12-24-19(17(15)10-16)14-4-6-22-7-5-14/h1-10H,12H2,(H,25,26). The lowest BCUT2D eigenvalue weighted by Crippen LogP contribution is -2.14. The molecule has 0 radical (unpaired) electrons. The number of anilines is 1. The Bertz CT molecular complexity index is 1070. The van der Waals surface area contributed by atoms with Gasteiger partial charge in [0, 0.05) is 35.4 Å². The molecule has 1 amide bonds. The van der Waals surface area contributed by atoms with E-state index in [2.05, 4.69) is 20.3 Å². The van der Waals surface area contributed by atoms with Crippen LogP contribution in [0.1, 0.15) is 32.7 Å². The second-order valence-electron chi connectivity index (χ2n) is 5.77. The zero-order valence-corrected chi connectivity index (χ0v) is 13.7. The van der Waals surface area contributed by atoms with Crippen molar-refractivity contribution < 1.29 is 4.79 Å². The molecule has 4 rings (SSSR count). The lowest BCUT2D eigenvalue weighted by Gasteiger charge is -2.09. The third-order valence-electron chi connectivity index (χ3n) is 4.11. The van der Waals surface area contributed by atoms with E-state index in [1.807, 2.05) is 36.4 Å². The third kappa shape index (κ3) is 2.94. The van der Waals surface area contributed by atoms with Gasteiger partial charge in [0.25, 0.3) is 5.91 Å². The van der Waals surface area contributed by atoms with Crippen LogP contribution in [0.15, 0.2) is 66.0 Å². The number of aliphatic imine (C=N–C) groups is 1. The number of nitrogens with one attached hydrogen (secondary N) is 1. The molecule has 1 aliphatic heterocycles. The molecule has 1 N–H and O–H groups in total. The summed E-state index contributed by atoms with van der Waals surface area (Å²) in [5.74, 6) is -0.359. The Labute approximate surface area is 149 Å². The molecular weight excluding hydrogens is 326 g/mol. The van der Waals surface area contributed by atoms with Crippen molar-refractivity contribution in [1.82, 2.24) is 9.97 Å². The maximum Gasteiger partial charge on any atom is 0.274 e. The van der Waals surface area contributed by atoms with E-state index >= 15 is 0 Å². The van der Waals surface area contributed by atoms with Crippen molar-refractivity contribution >= 4 is 17.3 Å². The Morgan fingerprint density at radius 3 is 2.73 bits per heavy atom. The van der Waals surface area contributed by atoms with Gasteiger partial charge in [-0.05, 0) is 42.0 Å². The Morgan fingerprint density at radius 1 is 1.08 bits per heavy atom. The number of pyridine rings is 2. The molecule has 0 spiro atoms. The summed E-state index contributed by atoms with van der Waals surface area (Å²) < 4.78 is 0. The summed E-state index contributed by atoms with van der Waals surface area (Å²) in [5.41, 5.74) is 5.24. The summed E-state index contributed by atoms with van der Waals surface area (Å²) in [6, 6.07) is 14.6. The van der Waals surface area contributed by atoms with Gasteiger partial charge in [0.1, 0.15) is 5.69 Å². The number of nitrogens with zero attached hydrogens (tertiary/aromatic N) is 4. The van der Waals surface area contributed by atoms with Crippen LogP contribution in [0.5, 0.6) is 0 Å². The molecule has 0 unspecified atom stereocenters. The minimum absolute atomic E-state index is 0.201. The fourth-order valence-corrected chi connectivity index (χ4v) is 2.84. The third-order valence-corrected chi connectivity index (χ3v) is 4.11. The summed E-state index contributed by atoms with van der Waals surface area (Å²) in [6.07, 6.45) is 4.91. The predicted octanol–water partition coefficient (Wildman–Crippen LogP) is 2.95. The average molecular weight is 339 g/mol. The van der Waals surface area contributed by atoms with Crippen molar-refractivity contribution in [3.63, 3.8) is 0 Å². The Morgan fingerprint density at radius 2 is 1.92 bits per heavy atom. The van der Waals surface area contributed by atoms with Crippen LogP contribution in [-0.2, 0) is 6.54 Å². The zero-order chi connectivity index (χ0) is 17.9. The molecule has 6 heteroatoms. The Kier molecular flexibility index (Phi) is 3.96. The van der Waals surface area contributed by atoms with Crippen molar-refractivity contribution in [2.75, 3.05) is 5.32 Å². The number of carbonyl (C=O) groups excluding carboxylic acids is 1. The molecule has 0 aliphatic carbocycles. The minimum atomic E-state index is -0.359. The van der Waals surface area contributed by atoms with Crippen LogP contribution >= 0.6 is 0 Å². The number of rotatable bonds is 3. The van der Waals surface area contributed by atoms with Gasteiger partial charge in [-0.3, -0.25) is 19.8 Å². The number of hydrogen-bond acceptors (Lipinski definition) is 5. The van der Waals surface area contributed by atoms with Gasteiger partial charge in [-0.2, -0.15) is 5.26 Å². The van der Waals surface area contributed by atoms with Crippen molar-refractivity contribution in [3.05, 3.63) is 89.0 Å². The summed E-state index contributed by atoms with van der Waals surface area (Å²) in [7, 11) is 0. The van der Waals surface area contributed by atoms with Gasteiger partial charge in [-0.1, -0.05) is 6.07 Å². The van der Waals surface area contributed by atoms with Crippen molar-refractivity contribution in [2.24, 2.45) is 4.99 Å². The number of carbonyl (C=O) groups is 1. The summed E-state index contributed by atoms with van der Waals surface area (Å²) in [4.78, 5) is 25.1. The molecule has 3 heterocycles. The fraction of sp³-hybridized carbons (Fsp3) is 0.0500. The van der Waals surface area contributed by atoms with E-state index in [1.165, 1.54) is 12.3 Å². The maximum absolute atomic E-state index is 12.4. The minimum Gasteiger partial charge on any atom is -0.321 e. The molecule has 0 bridgehead atoms. The van der Waals surface area contributed by atoms with Crippen LogP contribution in [0.25, 0.3) is 0 Å². The first kappa shape index (κ1) is 15.7. The SMILES string of the molecule is N#Cc1ccnc(C(=O)Nc2ccc3c(c2)C(c2ccncc2)=NC3)c1. The molecule has 0 atom stereocenters. The molecule has 3 aromatic rings. The topological polar surface area (TPSA) is 91.0 Å². The van der Waals surface area contributed by atoms with Gasteiger partial charge in [0.15, 0.2) is 0 Å². The summed E-state index contributed by atoms with van der Waals surface area (Å²) >= 11 is 0. The summed E-state index contributed by atoms with van der Waals surface area (Å²) in [5, 5.41) is 11.8. The lowest BCUT2D eigenvalue weighted by molar-refractivity contribution is 0.102. The lowest BCUT2D eigenvalue weighted by atomic mass is 10.0. The highest BCUT2D eigenvalue weighted by molar-refractivity contribution is 6.16. The summed E-state index contributed by atoms with van der Waals surface area (Å²) in [6.45, 7) is 0.618. The number of amides is 1. The molecular formula is C20H13N5O. The Balaban J connectivity index is 1.61. The van der Waals surface area contributed by atoms with Crippen LogP contribution in [0.2, 0.25) is 0 Å². The predicted molar refractivity (Wildman–Crippen MR) is 96.9 cm³/mol. The smallest absolute Gasteiger partial charge is 0.274 e. The van der Waals surface area contributed by atoms with E-state index in [0.717, 1.165) is 22.4 Å². The normalized spacial score (nSPS) is 12.0.